The number of unbranched alkanes of at least 4 members (excludes halogenated alkanes) is 1. The van der Waals surface area contributed by atoms with Crippen LogP contribution in [0.4, 0.5) is 5.82 Å². The number of ether oxygens (including phenoxy) is 1. The number of hydrogen-bond acceptors (Lipinski definition) is 7. The first-order chi connectivity index (χ1) is 16.7. The molecule has 0 atom stereocenters. The summed E-state index contributed by atoms with van der Waals surface area (Å²) >= 11 is 0. The summed E-state index contributed by atoms with van der Waals surface area (Å²) in [6.07, 6.45) is 4.23. The fraction of sp³-hybridized carbons (Fsp3) is 0.346. The van der Waals surface area contributed by atoms with Crippen LogP contribution in [0.1, 0.15) is 26.7 Å². The Hall–Kier alpha value is -3.30. The molecule has 8 nitrogen and oxygen atoms in total. The Morgan fingerprint density at radius 1 is 0.971 bits per heavy atom. The largest absolute Gasteiger partial charge is 0.465 e. The van der Waals surface area contributed by atoms with Gasteiger partial charge in [-0.2, -0.15) is 0 Å². The van der Waals surface area contributed by atoms with Crippen LogP contribution >= 0.6 is 0 Å². The molecule has 1 heterocycles. The van der Waals surface area contributed by atoms with E-state index < -0.39 is 16.0 Å². The summed E-state index contributed by atoms with van der Waals surface area (Å²) in [6, 6.07) is 20.2. The number of aromatic nitrogens is 2. The van der Waals surface area contributed by atoms with Gasteiger partial charge in [-0.25, -0.2) is 18.1 Å². The number of nitrogens with one attached hydrogen (secondary N) is 1. The number of esters is 1. The lowest BCUT2D eigenvalue weighted by Gasteiger charge is -2.28. The third-order valence-corrected chi connectivity index (χ3v) is 5.98. The molecule has 9 heteroatoms. The fourth-order valence-corrected chi connectivity index (χ4v) is 3.95. The van der Waals surface area contributed by atoms with Crippen LogP contribution in [0, 0.1) is 0 Å². The Morgan fingerprint density at radius 3 is 2.14 bits per heavy atom. The molecule has 0 spiro atoms. The minimum absolute atomic E-state index is 0.192. The van der Waals surface area contributed by atoms with Crippen molar-refractivity contribution < 1.29 is 17.9 Å². The summed E-state index contributed by atoms with van der Waals surface area (Å²) in [4.78, 5) is 23.7. The Balaban J connectivity index is 1.70. The van der Waals surface area contributed by atoms with Gasteiger partial charge < -0.3 is 9.64 Å². The van der Waals surface area contributed by atoms with Crippen molar-refractivity contribution in [3.63, 3.8) is 0 Å². The lowest BCUT2D eigenvalue weighted by atomic mass is 10.0. The Bertz CT molecular complexity index is 1200. The Morgan fingerprint density at radius 2 is 1.57 bits per heavy atom. The van der Waals surface area contributed by atoms with Crippen LogP contribution in [0.2, 0.25) is 0 Å². The van der Waals surface area contributed by atoms with E-state index in [0.717, 1.165) is 41.0 Å². The molecule has 1 aromatic heterocycles. The van der Waals surface area contributed by atoms with Crippen molar-refractivity contribution in [2.45, 2.75) is 32.7 Å². The molecule has 35 heavy (non-hydrogen) atoms. The van der Waals surface area contributed by atoms with Gasteiger partial charge in [0.05, 0.1) is 30.4 Å². The van der Waals surface area contributed by atoms with Gasteiger partial charge in [0.25, 0.3) is 0 Å². The number of nitrogens with zero attached hydrogens (tertiary/aromatic N) is 3. The molecular formula is C26H32N4O4S. The van der Waals surface area contributed by atoms with Crippen molar-refractivity contribution in [2.24, 2.45) is 0 Å². The molecule has 0 unspecified atom stereocenters. The maximum atomic E-state index is 11.7. The van der Waals surface area contributed by atoms with Crippen molar-refractivity contribution in [3.05, 3.63) is 66.9 Å². The first kappa shape index (κ1) is 26.3. The number of hydrogen-bond donors (Lipinski definition) is 1. The number of carbonyl (C=O) groups excluding carboxylic acids is 1. The molecule has 0 saturated carbocycles. The molecule has 0 aliphatic carbocycles. The predicted octanol–water partition coefficient (Wildman–Crippen LogP) is 3.90. The molecule has 0 radical (unpaired) electrons. The molecule has 2 aromatic carbocycles. The summed E-state index contributed by atoms with van der Waals surface area (Å²) in [5.74, 6) is 0.193. The zero-order valence-corrected chi connectivity index (χ0v) is 21.2. The highest BCUT2D eigenvalue weighted by Crippen LogP contribution is 2.30. The van der Waals surface area contributed by atoms with Gasteiger partial charge in [0.15, 0.2) is 0 Å². The van der Waals surface area contributed by atoms with E-state index >= 15 is 0 Å². The van der Waals surface area contributed by atoms with Crippen molar-refractivity contribution in [1.29, 1.82) is 0 Å². The first-order valence-electron chi connectivity index (χ1n) is 11.6. The molecule has 0 amide bonds. The minimum Gasteiger partial charge on any atom is -0.465 e. The Kier molecular flexibility index (Phi) is 9.33. The van der Waals surface area contributed by atoms with Crippen molar-refractivity contribution in [2.75, 3.05) is 30.9 Å². The van der Waals surface area contributed by atoms with Crippen LogP contribution in [0.3, 0.4) is 0 Å². The molecule has 186 valence electrons. The van der Waals surface area contributed by atoms with Crippen molar-refractivity contribution in [1.82, 2.24) is 14.7 Å². The smallest absolute Gasteiger partial charge is 0.321 e. The first-order valence-corrected chi connectivity index (χ1v) is 13.5. The van der Waals surface area contributed by atoms with E-state index in [2.05, 4.69) is 23.5 Å². The number of benzene rings is 2. The SMILES string of the molecule is CC(C)N(CCCCOC(=O)CNS(C)(=O)=O)c1cnc(-c2ccccc2)c(-c2ccccc2)n1. The van der Waals surface area contributed by atoms with Gasteiger partial charge in [0.2, 0.25) is 10.0 Å². The van der Waals surface area contributed by atoms with Crippen molar-refractivity contribution in [3.8, 4) is 22.5 Å². The zero-order chi connectivity index (χ0) is 25.3. The predicted molar refractivity (Wildman–Crippen MR) is 138 cm³/mol. The molecule has 3 rings (SSSR count). The second-order valence-corrected chi connectivity index (χ2v) is 10.3. The second kappa shape index (κ2) is 12.4. The normalized spacial score (nSPS) is 11.4. The highest BCUT2D eigenvalue weighted by atomic mass is 32.2. The lowest BCUT2D eigenvalue weighted by molar-refractivity contribution is -0.142. The van der Waals surface area contributed by atoms with Gasteiger partial charge in [-0.05, 0) is 26.7 Å². The van der Waals surface area contributed by atoms with Gasteiger partial charge in [-0.15, -0.1) is 0 Å². The van der Waals surface area contributed by atoms with Crippen molar-refractivity contribution >= 4 is 21.8 Å². The number of rotatable bonds is 12. The quantitative estimate of drug-likeness (QED) is 0.300. The van der Waals surface area contributed by atoms with E-state index in [-0.39, 0.29) is 19.2 Å². The van der Waals surface area contributed by atoms with Crippen LogP contribution in [-0.4, -0.2) is 56.3 Å². The molecular weight excluding hydrogens is 464 g/mol. The number of sulfonamides is 1. The van der Waals surface area contributed by atoms with E-state index in [1.165, 1.54) is 0 Å². The van der Waals surface area contributed by atoms with Gasteiger partial charge in [-0.1, -0.05) is 60.7 Å². The molecule has 0 aliphatic rings. The maximum absolute atomic E-state index is 11.7. The minimum atomic E-state index is -3.42. The summed E-state index contributed by atoms with van der Waals surface area (Å²) in [6.45, 7) is 4.79. The van der Waals surface area contributed by atoms with Crippen LogP contribution in [0.25, 0.3) is 22.5 Å². The summed E-state index contributed by atoms with van der Waals surface area (Å²) in [5, 5.41) is 0. The van der Waals surface area contributed by atoms with E-state index in [1.807, 2.05) is 66.9 Å². The van der Waals surface area contributed by atoms with E-state index in [1.54, 1.807) is 0 Å². The molecule has 1 N–H and O–H groups in total. The van der Waals surface area contributed by atoms with Crippen LogP contribution in [-0.2, 0) is 19.6 Å². The van der Waals surface area contributed by atoms with Gasteiger partial charge >= 0.3 is 5.97 Å². The Labute approximate surface area is 207 Å². The second-order valence-electron chi connectivity index (χ2n) is 8.47. The van der Waals surface area contributed by atoms with Gasteiger partial charge in [-0.3, -0.25) is 9.78 Å². The summed E-state index contributed by atoms with van der Waals surface area (Å²) in [7, 11) is -3.42. The highest BCUT2D eigenvalue weighted by Gasteiger charge is 2.17. The summed E-state index contributed by atoms with van der Waals surface area (Å²) in [5.41, 5.74) is 3.67. The van der Waals surface area contributed by atoms with Crippen LogP contribution < -0.4 is 9.62 Å². The average Bonchev–Trinajstić information content (AvgIpc) is 2.85. The van der Waals surface area contributed by atoms with Crippen LogP contribution in [0.5, 0.6) is 0 Å². The van der Waals surface area contributed by atoms with Gasteiger partial charge in [0, 0.05) is 23.7 Å². The van der Waals surface area contributed by atoms with Crippen LogP contribution in [0.15, 0.2) is 66.9 Å². The average molecular weight is 497 g/mol. The third kappa shape index (κ3) is 8.15. The number of carbonyl (C=O) groups is 1. The maximum Gasteiger partial charge on any atom is 0.321 e. The van der Waals surface area contributed by atoms with E-state index in [0.29, 0.717) is 13.0 Å². The molecule has 0 aliphatic heterocycles. The standard InChI is InChI=1S/C26H32N4O4S/c1-20(2)30(16-10-11-17-34-24(31)19-28-35(3,32)33)23-18-27-25(21-12-6-4-7-13-21)26(29-23)22-14-8-5-9-15-22/h4-9,12-15,18,20,28H,10-11,16-17,19H2,1-3H3. The summed E-state index contributed by atoms with van der Waals surface area (Å²) < 4.78 is 29.4. The van der Waals surface area contributed by atoms with E-state index in [4.69, 9.17) is 14.7 Å². The van der Waals surface area contributed by atoms with E-state index in [9.17, 15) is 13.2 Å². The topological polar surface area (TPSA) is 101 Å². The highest BCUT2D eigenvalue weighted by molar-refractivity contribution is 7.88. The third-order valence-electron chi connectivity index (χ3n) is 5.31. The molecule has 0 saturated heterocycles. The molecule has 0 fully saturated rings. The zero-order valence-electron chi connectivity index (χ0n) is 20.3. The lowest BCUT2D eigenvalue weighted by Crippen LogP contribution is -2.33. The number of anilines is 1. The van der Waals surface area contributed by atoms with Gasteiger partial charge in [0.1, 0.15) is 12.4 Å². The molecule has 3 aromatic rings. The monoisotopic (exact) mass is 496 g/mol. The fourth-order valence-electron chi connectivity index (χ4n) is 3.57. The molecule has 0 bridgehead atoms.